The molecule has 6 nitrogen and oxygen atoms in total. The number of hydrogen-bond acceptors (Lipinski definition) is 4. The van der Waals surface area contributed by atoms with E-state index in [1.54, 1.807) is 13.8 Å². The van der Waals surface area contributed by atoms with Crippen LogP contribution in [-0.2, 0) is 19.6 Å². The number of sulfonamides is 1. The minimum atomic E-state index is -3.42. The maximum atomic E-state index is 11.6. The number of ether oxygens (including phenoxy) is 1. The number of hydrogen-bond donors (Lipinski definition) is 2. The highest BCUT2D eigenvalue weighted by Gasteiger charge is 2.41. The number of rotatable bonds is 5. The van der Waals surface area contributed by atoms with E-state index in [1.807, 2.05) is 0 Å². The van der Waals surface area contributed by atoms with Crippen molar-refractivity contribution in [1.82, 2.24) is 4.72 Å². The van der Waals surface area contributed by atoms with E-state index < -0.39 is 26.7 Å². The molecule has 1 aliphatic heterocycles. The number of carboxylic acid groups (broad SMARTS) is 1. The summed E-state index contributed by atoms with van der Waals surface area (Å²) in [7, 11) is -3.42. The first-order chi connectivity index (χ1) is 7.80. The molecular formula is C10H19NO5S. The van der Waals surface area contributed by atoms with E-state index in [-0.39, 0.29) is 6.54 Å². The third-order valence-corrected chi connectivity index (χ3v) is 4.92. The lowest BCUT2D eigenvalue weighted by atomic mass is 9.80. The normalized spacial score (nSPS) is 20.4. The fraction of sp³-hybridized carbons (Fsp3) is 0.900. The molecule has 0 saturated carbocycles. The summed E-state index contributed by atoms with van der Waals surface area (Å²) in [4.78, 5) is 11.3. The van der Waals surface area contributed by atoms with E-state index in [0.717, 1.165) is 0 Å². The van der Waals surface area contributed by atoms with Gasteiger partial charge in [-0.1, -0.05) is 0 Å². The quantitative estimate of drug-likeness (QED) is 0.740. The van der Waals surface area contributed by atoms with Crippen LogP contribution in [-0.4, -0.2) is 44.5 Å². The van der Waals surface area contributed by atoms with Gasteiger partial charge in [-0.2, -0.15) is 0 Å². The summed E-state index contributed by atoms with van der Waals surface area (Å²) >= 11 is 0. The third kappa shape index (κ3) is 3.40. The van der Waals surface area contributed by atoms with Crippen LogP contribution in [0.2, 0.25) is 0 Å². The summed E-state index contributed by atoms with van der Waals surface area (Å²) in [5.41, 5.74) is -1.03. The number of carbonyl (C=O) groups is 1. The first-order valence-corrected chi connectivity index (χ1v) is 7.14. The van der Waals surface area contributed by atoms with Crippen LogP contribution in [0.25, 0.3) is 0 Å². The Balaban J connectivity index is 2.72. The van der Waals surface area contributed by atoms with E-state index in [9.17, 15) is 18.3 Å². The molecule has 100 valence electrons. The molecule has 0 bridgehead atoms. The summed E-state index contributed by atoms with van der Waals surface area (Å²) in [5.74, 6) is -0.966. The van der Waals surface area contributed by atoms with Crippen LogP contribution in [0.15, 0.2) is 0 Å². The molecule has 0 spiro atoms. The van der Waals surface area contributed by atoms with Crippen molar-refractivity contribution in [3.8, 4) is 0 Å². The van der Waals surface area contributed by atoms with Gasteiger partial charge in [0.15, 0.2) is 0 Å². The van der Waals surface area contributed by atoms with E-state index in [0.29, 0.717) is 26.1 Å². The smallest absolute Gasteiger partial charge is 0.311 e. The van der Waals surface area contributed by atoms with Gasteiger partial charge < -0.3 is 9.84 Å². The Kier molecular flexibility index (Phi) is 4.51. The second-order valence-corrected chi connectivity index (χ2v) is 6.93. The average molecular weight is 265 g/mol. The third-order valence-electron chi connectivity index (χ3n) is 3.14. The van der Waals surface area contributed by atoms with Gasteiger partial charge in [-0.25, -0.2) is 13.1 Å². The molecule has 0 atom stereocenters. The molecular weight excluding hydrogens is 246 g/mol. The van der Waals surface area contributed by atoms with Gasteiger partial charge in [0.2, 0.25) is 10.0 Å². The maximum absolute atomic E-state index is 11.6. The van der Waals surface area contributed by atoms with Crippen LogP contribution in [0.4, 0.5) is 0 Å². The van der Waals surface area contributed by atoms with E-state index in [1.165, 1.54) is 0 Å². The molecule has 0 aromatic carbocycles. The zero-order valence-electron chi connectivity index (χ0n) is 10.1. The second-order valence-electron chi connectivity index (χ2n) is 4.61. The minimum Gasteiger partial charge on any atom is -0.481 e. The van der Waals surface area contributed by atoms with Crippen molar-refractivity contribution in [1.29, 1.82) is 0 Å². The lowest BCUT2D eigenvalue weighted by Crippen LogP contribution is -2.47. The summed E-state index contributed by atoms with van der Waals surface area (Å²) in [6.45, 7) is 3.76. The Bertz CT molecular complexity index is 370. The summed E-state index contributed by atoms with van der Waals surface area (Å²) in [5, 5.41) is 8.67. The Hall–Kier alpha value is -0.660. The van der Waals surface area contributed by atoms with Gasteiger partial charge >= 0.3 is 5.97 Å². The van der Waals surface area contributed by atoms with Gasteiger partial charge in [0.25, 0.3) is 0 Å². The fourth-order valence-electron chi connectivity index (χ4n) is 1.63. The van der Waals surface area contributed by atoms with Crippen LogP contribution in [0, 0.1) is 5.41 Å². The lowest BCUT2D eigenvalue weighted by molar-refractivity contribution is -0.154. The SMILES string of the molecule is CC(C)S(=O)(=O)NCC1(C(=O)O)CCOCC1. The van der Waals surface area contributed by atoms with Gasteiger partial charge in [-0.3, -0.25) is 4.79 Å². The van der Waals surface area contributed by atoms with Crippen LogP contribution < -0.4 is 4.72 Å². The van der Waals surface area contributed by atoms with Crippen molar-refractivity contribution in [2.24, 2.45) is 5.41 Å². The molecule has 1 fully saturated rings. The van der Waals surface area contributed by atoms with Gasteiger partial charge in [-0.05, 0) is 26.7 Å². The zero-order valence-corrected chi connectivity index (χ0v) is 10.9. The van der Waals surface area contributed by atoms with Crippen LogP contribution >= 0.6 is 0 Å². The van der Waals surface area contributed by atoms with E-state index >= 15 is 0 Å². The highest BCUT2D eigenvalue weighted by Crippen LogP contribution is 2.30. The predicted octanol–water partition coefficient (Wildman–Crippen LogP) is 0.196. The number of nitrogens with one attached hydrogen (secondary N) is 1. The van der Waals surface area contributed by atoms with Gasteiger partial charge in [-0.15, -0.1) is 0 Å². The van der Waals surface area contributed by atoms with Crippen molar-refractivity contribution < 1.29 is 23.1 Å². The molecule has 7 heteroatoms. The van der Waals surface area contributed by atoms with E-state index in [4.69, 9.17) is 4.74 Å². The predicted molar refractivity (Wildman–Crippen MR) is 62.2 cm³/mol. The molecule has 2 N–H and O–H groups in total. The number of carboxylic acids is 1. The van der Waals surface area contributed by atoms with Crippen molar-refractivity contribution in [3.63, 3.8) is 0 Å². The monoisotopic (exact) mass is 265 g/mol. The molecule has 0 aromatic rings. The Morgan fingerprint density at radius 1 is 1.41 bits per heavy atom. The summed E-state index contributed by atoms with van der Waals surface area (Å²) < 4.78 is 30.7. The zero-order chi connectivity index (χ0) is 13.1. The molecule has 1 aliphatic rings. The molecule has 1 heterocycles. The standard InChI is InChI=1S/C10H19NO5S/c1-8(2)17(14,15)11-7-10(9(12)13)3-5-16-6-4-10/h8,11H,3-7H2,1-2H3,(H,12,13). The van der Waals surface area contributed by atoms with Gasteiger partial charge in [0.05, 0.1) is 10.7 Å². The highest BCUT2D eigenvalue weighted by atomic mass is 32.2. The lowest BCUT2D eigenvalue weighted by Gasteiger charge is -2.33. The topological polar surface area (TPSA) is 92.7 Å². The highest BCUT2D eigenvalue weighted by molar-refractivity contribution is 7.90. The number of aliphatic carboxylic acids is 1. The van der Waals surface area contributed by atoms with Gasteiger partial charge in [0, 0.05) is 19.8 Å². The Morgan fingerprint density at radius 3 is 2.35 bits per heavy atom. The Labute approximate surface area is 101 Å². The first-order valence-electron chi connectivity index (χ1n) is 5.60. The first kappa shape index (κ1) is 14.4. The summed E-state index contributed by atoms with van der Waals surface area (Å²) in [6.07, 6.45) is 0.673. The maximum Gasteiger partial charge on any atom is 0.311 e. The van der Waals surface area contributed by atoms with Crippen molar-refractivity contribution in [2.45, 2.75) is 31.9 Å². The van der Waals surface area contributed by atoms with Crippen molar-refractivity contribution in [2.75, 3.05) is 19.8 Å². The Morgan fingerprint density at radius 2 is 1.94 bits per heavy atom. The van der Waals surface area contributed by atoms with E-state index in [2.05, 4.69) is 4.72 Å². The summed E-state index contributed by atoms with van der Waals surface area (Å²) in [6, 6.07) is 0. The minimum absolute atomic E-state index is 0.0633. The molecule has 0 unspecified atom stereocenters. The molecule has 0 aliphatic carbocycles. The molecule has 1 rings (SSSR count). The molecule has 1 saturated heterocycles. The fourth-order valence-corrected chi connectivity index (χ4v) is 2.44. The molecule has 17 heavy (non-hydrogen) atoms. The van der Waals surface area contributed by atoms with Crippen molar-refractivity contribution in [3.05, 3.63) is 0 Å². The average Bonchev–Trinajstić information content (AvgIpc) is 2.27. The van der Waals surface area contributed by atoms with Crippen LogP contribution in [0.5, 0.6) is 0 Å². The van der Waals surface area contributed by atoms with Gasteiger partial charge in [0.1, 0.15) is 0 Å². The van der Waals surface area contributed by atoms with Crippen molar-refractivity contribution >= 4 is 16.0 Å². The molecule has 0 radical (unpaired) electrons. The van der Waals surface area contributed by atoms with Crippen LogP contribution in [0.3, 0.4) is 0 Å². The second kappa shape index (κ2) is 5.32. The molecule has 0 aromatic heterocycles. The van der Waals surface area contributed by atoms with Crippen LogP contribution in [0.1, 0.15) is 26.7 Å². The largest absolute Gasteiger partial charge is 0.481 e. The molecule has 0 amide bonds.